The summed E-state index contributed by atoms with van der Waals surface area (Å²) in [6.45, 7) is 4.95. The summed E-state index contributed by atoms with van der Waals surface area (Å²) < 4.78 is 5.60. The lowest BCUT2D eigenvalue weighted by Gasteiger charge is -2.23. The van der Waals surface area contributed by atoms with Crippen molar-refractivity contribution >= 4 is 11.6 Å². The highest BCUT2D eigenvalue weighted by Crippen LogP contribution is 2.22. The second kappa shape index (κ2) is 7.98. The molecule has 1 aliphatic rings. The molecule has 0 radical (unpaired) electrons. The highest BCUT2D eigenvalue weighted by molar-refractivity contribution is 5.91. The third-order valence-corrected chi connectivity index (χ3v) is 3.52. The van der Waals surface area contributed by atoms with Gasteiger partial charge in [0.25, 0.3) is 0 Å². The molecule has 1 aliphatic heterocycles. The molecule has 1 atom stereocenters. The minimum absolute atomic E-state index is 0.0176. The van der Waals surface area contributed by atoms with Crippen molar-refractivity contribution in [1.29, 1.82) is 0 Å². The molecule has 1 aromatic rings. The topological polar surface area (TPSA) is 63.2 Å². The van der Waals surface area contributed by atoms with Crippen molar-refractivity contribution in [2.45, 2.75) is 58.1 Å². The Balaban J connectivity index is 1.84. The molecule has 2 N–H and O–H groups in total. The number of rotatable bonds is 6. The van der Waals surface area contributed by atoms with Crippen molar-refractivity contribution in [2.75, 3.05) is 11.9 Å². The van der Waals surface area contributed by atoms with Crippen LogP contribution in [0.25, 0.3) is 0 Å². The third-order valence-electron chi connectivity index (χ3n) is 3.52. The summed E-state index contributed by atoms with van der Waals surface area (Å²) in [5.74, 6) is 0.501. The summed E-state index contributed by atoms with van der Waals surface area (Å²) in [5.41, 5.74) is 0.646. The number of amides is 1. The van der Waals surface area contributed by atoms with Crippen LogP contribution in [0.15, 0.2) is 18.3 Å². The van der Waals surface area contributed by atoms with Crippen LogP contribution in [0.3, 0.4) is 0 Å². The Kier molecular flexibility index (Phi) is 5.99. The summed E-state index contributed by atoms with van der Waals surface area (Å²) >= 11 is 0. The lowest BCUT2D eigenvalue weighted by atomic mass is 10.0. The standard InChI is InChI=1S/C16H25N3O2/c1-12(2)21-16-14(7-5-11-18-16)19-15(20)9-8-13-6-3-4-10-17-13/h5,7,11-13,17H,3-4,6,8-10H2,1-2H3,(H,19,20). The zero-order valence-corrected chi connectivity index (χ0v) is 12.9. The minimum atomic E-state index is 0.0176. The fourth-order valence-corrected chi connectivity index (χ4v) is 2.49. The van der Waals surface area contributed by atoms with E-state index >= 15 is 0 Å². The molecule has 0 aromatic carbocycles. The van der Waals surface area contributed by atoms with Crippen molar-refractivity contribution in [3.63, 3.8) is 0 Å². The number of ether oxygens (including phenoxy) is 1. The van der Waals surface area contributed by atoms with Gasteiger partial charge in [-0.3, -0.25) is 4.79 Å². The van der Waals surface area contributed by atoms with Gasteiger partial charge in [-0.25, -0.2) is 4.98 Å². The van der Waals surface area contributed by atoms with Crippen molar-refractivity contribution < 1.29 is 9.53 Å². The molecule has 1 saturated heterocycles. The molecule has 0 saturated carbocycles. The zero-order valence-electron chi connectivity index (χ0n) is 12.9. The predicted molar refractivity (Wildman–Crippen MR) is 83.5 cm³/mol. The van der Waals surface area contributed by atoms with Crippen LogP contribution in [0.4, 0.5) is 5.69 Å². The Morgan fingerprint density at radius 1 is 1.52 bits per heavy atom. The second-order valence-electron chi connectivity index (χ2n) is 5.76. The maximum absolute atomic E-state index is 12.1. The molecule has 1 unspecified atom stereocenters. The Morgan fingerprint density at radius 2 is 2.38 bits per heavy atom. The number of hydrogen-bond acceptors (Lipinski definition) is 4. The molecular formula is C16H25N3O2. The fraction of sp³-hybridized carbons (Fsp3) is 0.625. The largest absolute Gasteiger partial charge is 0.473 e. The first kappa shape index (κ1) is 15.8. The lowest BCUT2D eigenvalue weighted by molar-refractivity contribution is -0.116. The van der Waals surface area contributed by atoms with Gasteiger partial charge in [0.1, 0.15) is 5.69 Å². The Hall–Kier alpha value is -1.62. The van der Waals surface area contributed by atoms with Crippen LogP contribution in [0.2, 0.25) is 0 Å². The van der Waals surface area contributed by atoms with Crippen molar-refractivity contribution in [3.05, 3.63) is 18.3 Å². The Labute approximate surface area is 126 Å². The summed E-state index contributed by atoms with van der Waals surface area (Å²) in [5, 5.41) is 6.36. The molecule has 5 heteroatoms. The first-order chi connectivity index (χ1) is 10.1. The van der Waals surface area contributed by atoms with Crippen LogP contribution in [-0.4, -0.2) is 29.6 Å². The third kappa shape index (κ3) is 5.34. The van der Waals surface area contributed by atoms with Crippen LogP contribution in [-0.2, 0) is 4.79 Å². The Bertz CT molecular complexity index is 457. The molecule has 2 rings (SSSR count). The molecule has 1 amide bonds. The monoisotopic (exact) mass is 291 g/mol. The van der Waals surface area contributed by atoms with E-state index in [9.17, 15) is 4.79 Å². The van der Waals surface area contributed by atoms with E-state index in [2.05, 4.69) is 15.6 Å². The second-order valence-corrected chi connectivity index (χ2v) is 5.76. The van der Waals surface area contributed by atoms with Crippen LogP contribution in [0.1, 0.15) is 46.0 Å². The molecule has 5 nitrogen and oxygen atoms in total. The Morgan fingerprint density at radius 3 is 3.10 bits per heavy atom. The molecule has 116 valence electrons. The van der Waals surface area contributed by atoms with E-state index in [4.69, 9.17) is 4.74 Å². The SMILES string of the molecule is CC(C)Oc1ncccc1NC(=O)CCC1CCCCN1. The highest BCUT2D eigenvalue weighted by atomic mass is 16.5. The number of nitrogens with zero attached hydrogens (tertiary/aromatic N) is 1. The van der Waals surface area contributed by atoms with Crippen molar-refractivity contribution in [3.8, 4) is 5.88 Å². The number of aromatic nitrogens is 1. The maximum atomic E-state index is 12.1. The molecular weight excluding hydrogens is 266 g/mol. The highest BCUT2D eigenvalue weighted by Gasteiger charge is 2.15. The number of pyridine rings is 1. The van der Waals surface area contributed by atoms with E-state index in [0.29, 0.717) is 24.0 Å². The van der Waals surface area contributed by atoms with Gasteiger partial charge >= 0.3 is 0 Å². The van der Waals surface area contributed by atoms with Crippen LogP contribution in [0, 0.1) is 0 Å². The van der Waals surface area contributed by atoms with Crippen molar-refractivity contribution in [2.24, 2.45) is 0 Å². The van der Waals surface area contributed by atoms with E-state index in [1.807, 2.05) is 19.9 Å². The average molecular weight is 291 g/mol. The van der Waals surface area contributed by atoms with Gasteiger partial charge in [-0.15, -0.1) is 0 Å². The van der Waals surface area contributed by atoms with E-state index in [1.54, 1.807) is 12.3 Å². The lowest BCUT2D eigenvalue weighted by Crippen LogP contribution is -2.34. The van der Waals surface area contributed by atoms with Gasteiger partial charge in [-0.05, 0) is 51.8 Å². The average Bonchev–Trinajstić information content (AvgIpc) is 2.48. The molecule has 0 bridgehead atoms. The van der Waals surface area contributed by atoms with E-state index in [-0.39, 0.29) is 12.0 Å². The molecule has 1 fully saturated rings. The fourth-order valence-electron chi connectivity index (χ4n) is 2.49. The zero-order chi connectivity index (χ0) is 15.1. The summed E-state index contributed by atoms with van der Waals surface area (Å²) in [4.78, 5) is 16.2. The minimum Gasteiger partial charge on any atom is -0.473 e. The number of piperidine rings is 1. The summed E-state index contributed by atoms with van der Waals surface area (Å²) in [6, 6.07) is 4.09. The molecule has 0 spiro atoms. The van der Waals surface area contributed by atoms with Gasteiger partial charge in [-0.1, -0.05) is 6.42 Å². The summed E-state index contributed by atoms with van der Waals surface area (Å²) in [6.07, 6.45) is 6.77. The van der Waals surface area contributed by atoms with Gasteiger partial charge in [0.15, 0.2) is 0 Å². The molecule has 2 heterocycles. The van der Waals surface area contributed by atoms with Crippen molar-refractivity contribution in [1.82, 2.24) is 10.3 Å². The van der Waals surface area contributed by atoms with E-state index in [1.165, 1.54) is 19.3 Å². The van der Waals surface area contributed by atoms with Crippen LogP contribution < -0.4 is 15.4 Å². The van der Waals surface area contributed by atoms with Crippen LogP contribution >= 0.6 is 0 Å². The normalized spacial score (nSPS) is 18.5. The smallest absolute Gasteiger partial charge is 0.238 e. The van der Waals surface area contributed by atoms with E-state index < -0.39 is 0 Å². The number of carbonyl (C=O) groups excluding carboxylic acids is 1. The number of nitrogens with one attached hydrogen (secondary N) is 2. The van der Waals surface area contributed by atoms with Gasteiger partial charge in [0, 0.05) is 18.7 Å². The van der Waals surface area contributed by atoms with Gasteiger partial charge in [-0.2, -0.15) is 0 Å². The van der Waals surface area contributed by atoms with E-state index in [0.717, 1.165) is 13.0 Å². The molecule has 21 heavy (non-hydrogen) atoms. The molecule has 0 aliphatic carbocycles. The summed E-state index contributed by atoms with van der Waals surface area (Å²) in [7, 11) is 0. The number of hydrogen-bond donors (Lipinski definition) is 2. The quantitative estimate of drug-likeness (QED) is 0.846. The van der Waals surface area contributed by atoms with Gasteiger partial charge < -0.3 is 15.4 Å². The number of anilines is 1. The first-order valence-electron chi connectivity index (χ1n) is 7.80. The molecule has 1 aromatic heterocycles. The first-order valence-corrected chi connectivity index (χ1v) is 7.80. The van der Waals surface area contributed by atoms with Crippen LogP contribution in [0.5, 0.6) is 5.88 Å². The predicted octanol–water partition coefficient (Wildman–Crippen LogP) is 2.73. The number of carbonyl (C=O) groups is 1. The van der Waals surface area contributed by atoms with Gasteiger partial charge in [0.05, 0.1) is 6.10 Å². The van der Waals surface area contributed by atoms with Gasteiger partial charge in [0.2, 0.25) is 11.8 Å². The maximum Gasteiger partial charge on any atom is 0.238 e.